The van der Waals surface area contributed by atoms with Crippen LogP contribution < -0.4 is 5.32 Å². The summed E-state index contributed by atoms with van der Waals surface area (Å²) in [5.41, 5.74) is 0. The summed E-state index contributed by atoms with van der Waals surface area (Å²) in [5, 5.41) is 3.03. The van der Waals surface area contributed by atoms with Gasteiger partial charge in [0.15, 0.2) is 10.4 Å². The van der Waals surface area contributed by atoms with Gasteiger partial charge in [0.25, 0.3) is 5.91 Å². The van der Waals surface area contributed by atoms with Crippen molar-refractivity contribution in [2.75, 3.05) is 26.2 Å². The second-order valence-electron chi connectivity index (χ2n) is 5.89. The number of carbonyl (C=O) groups is 2. The van der Waals surface area contributed by atoms with Crippen LogP contribution in [0.4, 0.5) is 0 Å². The molecule has 1 unspecified atom stereocenters. The SMILES string of the molecule is CC(C(=O)NC1CC1)N1CCN(C(=O)c2ccc(Br)o2)CC1. The Kier molecular flexibility index (Phi) is 4.54. The normalized spacial score (nSPS) is 20.7. The zero-order valence-electron chi connectivity index (χ0n) is 12.5. The van der Waals surface area contributed by atoms with Gasteiger partial charge in [0, 0.05) is 32.2 Å². The fourth-order valence-corrected chi connectivity index (χ4v) is 2.92. The summed E-state index contributed by atoms with van der Waals surface area (Å²) in [6.45, 7) is 4.55. The molecule has 2 fully saturated rings. The molecule has 2 heterocycles. The van der Waals surface area contributed by atoms with E-state index in [0.717, 1.165) is 12.8 Å². The molecule has 0 spiro atoms. The Morgan fingerprint density at radius 3 is 2.50 bits per heavy atom. The van der Waals surface area contributed by atoms with Crippen LogP contribution in [0, 0.1) is 0 Å². The number of nitrogens with zero attached hydrogens (tertiary/aromatic N) is 2. The molecule has 1 aliphatic heterocycles. The number of amides is 2. The Hall–Kier alpha value is -1.34. The van der Waals surface area contributed by atoms with Gasteiger partial charge in [0.2, 0.25) is 5.91 Å². The lowest BCUT2D eigenvalue weighted by Gasteiger charge is -2.37. The quantitative estimate of drug-likeness (QED) is 0.872. The average Bonchev–Trinajstić information content (AvgIpc) is 3.24. The number of halogens is 1. The Labute approximate surface area is 137 Å². The van der Waals surface area contributed by atoms with Crippen LogP contribution in [0.25, 0.3) is 0 Å². The highest BCUT2D eigenvalue weighted by atomic mass is 79.9. The molecule has 0 radical (unpaired) electrons. The van der Waals surface area contributed by atoms with Crippen LogP contribution in [-0.4, -0.2) is 59.9 Å². The van der Waals surface area contributed by atoms with Crippen molar-refractivity contribution < 1.29 is 14.0 Å². The van der Waals surface area contributed by atoms with Gasteiger partial charge in [-0.2, -0.15) is 0 Å². The lowest BCUT2D eigenvalue weighted by Crippen LogP contribution is -2.55. The van der Waals surface area contributed by atoms with Crippen molar-refractivity contribution in [1.82, 2.24) is 15.1 Å². The summed E-state index contributed by atoms with van der Waals surface area (Å²) in [4.78, 5) is 28.3. The van der Waals surface area contributed by atoms with Crippen molar-refractivity contribution in [3.63, 3.8) is 0 Å². The highest BCUT2D eigenvalue weighted by molar-refractivity contribution is 9.10. The topological polar surface area (TPSA) is 65.8 Å². The predicted octanol–water partition coefficient (Wildman–Crippen LogP) is 1.47. The Morgan fingerprint density at radius 1 is 1.27 bits per heavy atom. The van der Waals surface area contributed by atoms with Crippen LogP contribution in [0.1, 0.15) is 30.3 Å². The highest BCUT2D eigenvalue weighted by Crippen LogP contribution is 2.20. The van der Waals surface area contributed by atoms with Crippen LogP contribution in [-0.2, 0) is 4.79 Å². The minimum atomic E-state index is -0.143. The first-order valence-corrected chi connectivity index (χ1v) is 8.43. The molecule has 0 aromatic carbocycles. The number of furan rings is 1. The molecule has 1 aromatic heterocycles. The second-order valence-corrected chi connectivity index (χ2v) is 6.67. The van der Waals surface area contributed by atoms with Crippen LogP contribution in [0.3, 0.4) is 0 Å². The molecule has 0 bridgehead atoms. The third-order valence-corrected chi connectivity index (χ3v) is 4.66. The summed E-state index contributed by atoms with van der Waals surface area (Å²) in [7, 11) is 0. The second kappa shape index (κ2) is 6.42. The summed E-state index contributed by atoms with van der Waals surface area (Å²) in [6.07, 6.45) is 2.19. The first-order valence-electron chi connectivity index (χ1n) is 7.63. The van der Waals surface area contributed by atoms with E-state index < -0.39 is 0 Å². The van der Waals surface area contributed by atoms with Crippen molar-refractivity contribution in [2.24, 2.45) is 0 Å². The molecular weight excluding hydrogens is 350 g/mol. The molecule has 1 aliphatic carbocycles. The predicted molar refractivity (Wildman–Crippen MR) is 84.5 cm³/mol. The lowest BCUT2D eigenvalue weighted by atomic mass is 10.2. The molecule has 120 valence electrons. The third-order valence-electron chi connectivity index (χ3n) is 4.24. The van der Waals surface area contributed by atoms with Crippen molar-refractivity contribution in [3.05, 3.63) is 22.6 Å². The first-order chi connectivity index (χ1) is 10.5. The van der Waals surface area contributed by atoms with Gasteiger partial charge in [-0.3, -0.25) is 14.5 Å². The molecule has 7 heteroatoms. The number of hydrogen-bond acceptors (Lipinski definition) is 4. The van der Waals surface area contributed by atoms with E-state index in [4.69, 9.17) is 4.42 Å². The van der Waals surface area contributed by atoms with Gasteiger partial charge < -0.3 is 14.6 Å². The fourth-order valence-electron chi connectivity index (χ4n) is 2.61. The van der Waals surface area contributed by atoms with Crippen LogP contribution in [0.5, 0.6) is 0 Å². The monoisotopic (exact) mass is 369 g/mol. The smallest absolute Gasteiger partial charge is 0.289 e. The lowest BCUT2D eigenvalue weighted by molar-refractivity contribution is -0.126. The van der Waals surface area contributed by atoms with E-state index in [2.05, 4.69) is 26.1 Å². The van der Waals surface area contributed by atoms with Crippen molar-refractivity contribution in [2.45, 2.75) is 31.8 Å². The van der Waals surface area contributed by atoms with E-state index in [1.807, 2.05) is 6.92 Å². The zero-order chi connectivity index (χ0) is 15.7. The van der Waals surface area contributed by atoms with Crippen LogP contribution >= 0.6 is 15.9 Å². The minimum absolute atomic E-state index is 0.0947. The van der Waals surface area contributed by atoms with Gasteiger partial charge in [0.05, 0.1) is 6.04 Å². The van der Waals surface area contributed by atoms with Gasteiger partial charge in [-0.1, -0.05) is 0 Å². The van der Waals surface area contributed by atoms with Crippen LogP contribution in [0.15, 0.2) is 21.2 Å². The van der Waals surface area contributed by atoms with Gasteiger partial charge in [-0.05, 0) is 47.8 Å². The number of rotatable bonds is 4. The highest BCUT2D eigenvalue weighted by Gasteiger charge is 2.31. The largest absolute Gasteiger partial charge is 0.444 e. The minimum Gasteiger partial charge on any atom is -0.444 e. The number of piperazine rings is 1. The maximum atomic E-state index is 12.3. The van der Waals surface area contributed by atoms with Crippen LogP contribution in [0.2, 0.25) is 0 Å². The summed E-state index contributed by atoms with van der Waals surface area (Å²) in [5.74, 6) is 0.345. The molecule has 2 amide bonds. The van der Waals surface area contributed by atoms with E-state index in [-0.39, 0.29) is 17.9 Å². The van der Waals surface area contributed by atoms with Crippen molar-refractivity contribution >= 4 is 27.7 Å². The molecule has 1 saturated carbocycles. The van der Waals surface area contributed by atoms with Crippen molar-refractivity contribution in [1.29, 1.82) is 0 Å². The van der Waals surface area contributed by atoms with Crippen molar-refractivity contribution in [3.8, 4) is 0 Å². The fraction of sp³-hybridized carbons (Fsp3) is 0.600. The Bertz CT molecular complexity index is 562. The van der Waals surface area contributed by atoms with E-state index >= 15 is 0 Å². The molecule has 3 rings (SSSR count). The number of carbonyl (C=O) groups excluding carboxylic acids is 2. The molecule has 1 N–H and O–H groups in total. The molecule has 1 aromatic rings. The Balaban J connectivity index is 1.51. The molecule has 2 aliphatic rings. The molecule has 22 heavy (non-hydrogen) atoms. The average molecular weight is 370 g/mol. The Morgan fingerprint density at radius 2 is 1.95 bits per heavy atom. The molecule has 1 saturated heterocycles. The summed E-state index contributed by atoms with van der Waals surface area (Å²) in [6, 6.07) is 3.63. The van der Waals surface area contributed by atoms with E-state index in [9.17, 15) is 9.59 Å². The van der Waals surface area contributed by atoms with Gasteiger partial charge in [0.1, 0.15) is 0 Å². The van der Waals surface area contributed by atoms with Gasteiger partial charge in [-0.15, -0.1) is 0 Å². The molecular formula is C15H20BrN3O3. The van der Waals surface area contributed by atoms with Gasteiger partial charge >= 0.3 is 0 Å². The maximum Gasteiger partial charge on any atom is 0.289 e. The standard InChI is InChI=1S/C15H20BrN3O3/c1-10(14(20)17-11-2-3-11)18-6-8-19(9-7-18)15(21)12-4-5-13(16)22-12/h4-5,10-11H,2-3,6-9H2,1H3,(H,17,20). The zero-order valence-corrected chi connectivity index (χ0v) is 14.1. The number of nitrogens with one attached hydrogen (secondary N) is 1. The van der Waals surface area contributed by atoms with Gasteiger partial charge in [-0.25, -0.2) is 0 Å². The van der Waals surface area contributed by atoms with E-state index in [1.54, 1.807) is 17.0 Å². The molecule has 6 nitrogen and oxygen atoms in total. The molecule has 1 atom stereocenters. The van der Waals surface area contributed by atoms with E-state index in [1.165, 1.54) is 0 Å². The summed E-state index contributed by atoms with van der Waals surface area (Å²) >= 11 is 3.20. The first kappa shape index (κ1) is 15.6. The number of hydrogen-bond donors (Lipinski definition) is 1. The maximum absolute atomic E-state index is 12.3. The third kappa shape index (κ3) is 3.52. The summed E-state index contributed by atoms with van der Waals surface area (Å²) < 4.78 is 5.86. The van der Waals surface area contributed by atoms with E-state index in [0.29, 0.717) is 42.7 Å².